The van der Waals surface area contributed by atoms with E-state index in [4.69, 9.17) is 11.6 Å². The number of halogens is 4. The minimum Gasteiger partial charge on any atom is -0.352 e. The Labute approximate surface area is 268 Å². The SMILES string of the molecule is Cc1c(NC(=O)C2CN(C)C(=O)N(C)C2=O)cccc1-c1cccc(-c2ccc(CNC[C@@H]3CCC(=O)N3)c(C(F)(F)F)n2)c1Cl. The Morgan fingerprint density at radius 2 is 1.74 bits per heavy atom. The third-order valence-corrected chi connectivity index (χ3v) is 8.62. The first-order chi connectivity index (χ1) is 21.8. The summed E-state index contributed by atoms with van der Waals surface area (Å²) in [5.41, 5.74) is 1.38. The van der Waals surface area contributed by atoms with Gasteiger partial charge >= 0.3 is 12.2 Å². The second kappa shape index (κ2) is 13.1. The number of anilines is 1. The highest BCUT2D eigenvalue weighted by Crippen LogP contribution is 2.40. The molecule has 0 bridgehead atoms. The van der Waals surface area contributed by atoms with Gasteiger partial charge < -0.3 is 20.9 Å². The Kier molecular flexibility index (Phi) is 9.36. The van der Waals surface area contributed by atoms with E-state index in [9.17, 15) is 32.3 Å². The van der Waals surface area contributed by atoms with Gasteiger partial charge in [-0.3, -0.25) is 19.3 Å². The molecule has 1 unspecified atom stereocenters. The number of nitrogens with zero attached hydrogens (tertiary/aromatic N) is 3. The molecule has 5 rings (SSSR count). The summed E-state index contributed by atoms with van der Waals surface area (Å²) in [5.74, 6) is -2.36. The van der Waals surface area contributed by atoms with Crippen LogP contribution in [0.5, 0.6) is 0 Å². The summed E-state index contributed by atoms with van der Waals surface area (Å²) in [6.07, 6.45) is -3.70. The van der Waals surface area contributed by atoms with Gasteiger partial charge in [0.1, 0.15) is 11.6 Å². The zero-order valence-electron chi connectivity index (χ0n) is 25.3. The van der Waals surface area contributed by atoms with Crippen LogP contribution >= 0.6 is 11.6 Å². The molecule has 2 fully saturated rings. The van der Waals surface area contributed by atoms with Crippen LogP contribution in [0.25, 0.3) is 22.4 Å². The summed E-state index contributed by atoms with van der Waals surface area (Å²) in [4.78, 5) is 55.4. The summed E-state index contributed by atoms with van der Waals surface area (Å²) < 4.78 is 42.4. The van der Waals surface area contributed by atoms with Gasteiger partial charge in [0, 0.05) is 63.0 Å². The predicted octanol–water partition coefficient (Wildman–Crippen LogP) is 4.84. The third-order valence-electron chi connectivity index (χ3n) is 8.21. The average Bonchev–Trinajstić information content (AvgIpc) is 3.43. The summed E-state index contributed by atoms with van der Waals surface area (Å²) in [5, 5.41) is 8.71. The Morgan fingerprint density at radius 3 is 2.43 bits per heavy atom. The lowest BCUT2D eigenvalue weighted by Crippen LogP contribution is -2.56. The molecule has 242 valence electrons. The zero-order valence-corrected chi connectivity index (χ0v) is 26.1. The van der Waals surface area contributed by atoms with Crippen LogP contribution in [0.3, 0.4) is 0 Å². The van der Waals surface area contributed by atoms with E-state index < -0.39 is 35.6 Å². The lowest BCUT2D eigenvalue weighted by Gasteiger charge is -2.33. The lowest BCUT2D eigenvalue weighted by atomic mass is 9.96. The van der Waals surface area contributed by atoms with Gasteiger partial charge in [0.25, 0.3) is 0 Å². The lowest BCUT2D eigenvalue weighted by molar-refractivity contribution is -0.142. The molecule has 2 aliphatic rings. The number of amides is 5. The van der Waals surface area contributed by atoms with E-state index in [0.29, 0.717) is 41.8 Å². The molecular formula is C32H32ClF3N6O4. The second-order valence-corrected chi connectivity index (χ2v) is 11.8. The minimum absolute atomic E-state index is 0.0340. The highest BCUT2D eigenvalue weighted by molar-refractivity contribution is 6.36. The number of benzene rings is 2. The van der Waals surface area contributed by atoms with Gasteiger partial charge in [-0.2, -0.15) is 13.2 Å². The van der Waals surface area contributed by atoms with Crippen LogP contribution in [-0.4, -0.2) is 71.8 Å². The number of hydrogen-bond donors (Lipinski definition) is 3. The molecule has 46 heavy (non-hydrogen) atoms. The predicted molar refractivity (Wildman–Crippen MR) is 166 cm³/mol. The maximum Gasteiger partial charge on any atom is 0.433 e. The third kappa shape index (κ3) is 6.70. The molecule has 2 aromatic carbocycles. The molecule has 3 N–H and O–H groups in total. The van der Waals surface area contributed by atoms with Crippen LogP contribution in [0.4, 0.5) is 23.7 Å². The molecule has 3 heterocycles. The van der Waals surface area contributed by atoms with E-state index in [1.807, 2.05) is 0 Å². The van der Waals surface area contributed by atoms with Crippen molar-refractivity contribution in [1.29, 1.82) is 0 Å². The van der Waals surface area contributed by atoms with Crippen LogP contribution in [0.15, 0.2) is 48.5 Å². The van der Waals surface area contributed by atoms with Crippen molar-refractivity contribution in [3.63, 3.8) is 0 Å². The normalized spacial score (nSPS) is 18.6. The summed E-state index contributed by atoms with van der Waals surface area (Å²) in [6, 6.07) is 12.3. The number of carbonyl (C=O) groups is 4. The minimum atomic E-state index is -4.72. The number of aromatic nitrogens is 1. The maximum absolute atomic E-state index is 14.1. The fourth-order valence-corrected chi connectivity index (χ4v) is 5.99. The van der Waals surface area contributed by atoms with Crippen molar-refractivity contribution in [2.45, 2.75) is 38.5 Å². The average molecular weight is 657 g/mol. The zero-order chi connectivity index (χ0) is 33.3. The van der Waals surface area contributed by atoms with Crippen LogP contribution in [0, 0.1) is 12.8 Å². The van der Waals surface area contributed by atoms with Crippen molar-refractivity contribution in [3.8, 4) is 22.4 Å². The molecule has 0 saturated carbocycles. The standard InChI is InChI=1S/C32H32ClF3N6O4/c1-17-20(6-5-9-24(17)40-29(44)23-16-41(2)31(46)42(3)30(23)45)21-7-4-8-22(27(21)33)25-12-10-18(28(39-25)32(34,35)36)14-37-15-19-11-13-26(43)38-19/h4-10,12,19,23,37H,11,13-16H2,1-3H3,(H,38,43)(H,40,44)/t19-,23?/m0/s1. The van der Waals surface area contributed by atoms with Crippen LogP contribution < -0.4 is 16.0 Å². The number of alkyl halides is 3. The topological polar surface area (TPSA) is 124 Å². The van der Waals surface area contributed by atoms with Crippen molar-refractivity contribution in [3.05, 3.63) is 70.4 Å². The van der Waals surface area contributed by atoms with E-state index in [1.165, 1.54) is 31.1 Å². The molecule has 2 atom stereocenters. The molecule has 0 aliphatic carbocycles. The number of rotatable bonds is 8. The molecular weight excluding hydrogens is 625 g/mol. The van der Waals surface area contributed by atoms with E-state index in [-0.39, 0.29) is 46.9 Å². The van der Waals surface area contributed by atoms with E-state index in [1.54, 1.807) is 43.3 Å². The number of hydrogen-bond acceptors (Lipinski definition) is 6. The number of imide groups is 1. The van der Waals surface area contributed by atoms with Gasteiger partial charge in [-0.05, 0) is 42.2 Å². The number of carbonyl (C=O) groups excluding carboxylic acids is 4. The van der Waals surface area contributed by atoms with E-state index >= 15 is 0 Å². The van der Waals surface area contributed by atoms with Gasteiger partial charge in [-0.25, -0.2) is 9.78 Å². The van der Waals surface area contributed by atoms with Gasteiger partial charge in [-0.15, -0.1) is 0 Å². The highest BCUT2D eigenvalue weighted by Gasteiger charge is 2.40. The van der Waals surface area contributed by atoms with Gasteiger partial charge in [0.15, 0.2) is 0 Å². The second-order valence-electron chi connectivity index (χ2n) is 11.4. The smallest absolute Gasteiger partial charge is 0.352 e. The summed E-state index contributed by atoms with van der Waals surface area (Å²) in [6.45, 7) is 1.93. The van der Waals surface area contributed by atoms with Crippen LogP contribution in [0.1, 0.15) is 29.7 Å². The highest BCUT2D eigenvalue weighted by atomic mass is 35.5. The van der Waals surface area contributed by atoms with Gasteiger partial charge in [0.05, 0.1) is 10.7 Å². The number of pyridine rings is 1. The largest absolute Gasteiger partial charge is 0.433 e. The first-order valence-corrected chi connectivity index (χ1v) is 14.9. The van der Waals surface area contributed by atoms with E-state index in [2.05, 4.69) is 20.9 Å². The van der Waals surface area contributed by atoms with Crippen molar-refractivity contribution in [1.82, 2.24) is 25.4 Å². The molecule has 3 aromatic rings. The van der Waals surface area contributed by atoms with Crippen LogP contribution in [0.2, 0.25) is 5.02 Å². The maximum atomic E-state index is 14.1. The Hall–Kier alpha value is -4.49. The molecule has 0 spiro atoms. The number of nitrogens with one attached hydrogen (secondary N) is 3. The Bertz CT molecular complexity index is 1720. The monoisotopic (exact) mass is 656 g/mol. The number of urea groups is 1. The van der Waals surface area contributed by atoms with Crippen molar-refractivity contribution < 1.29 is 32.3 Å². The first kappa shape index (κ1) is 32.9. The molecule has 2 aliphatic heterocycles. The summed E-state index contributed by atoms with van der Waals surface area (Å²) in [7, 11) is 2.82. The summed E-state index contributed by atoms with van der Waals surface area (Å²) >= 11 is 6.83. The van der Waals surface area contributed by atoms with Gasteiger partial charge in [0.2, 0.25) is 17.7 Å². The Balaban J connectivity index is 1.40. The molecule has 2 saturated heterocycles. The molecule has 1 aromatic heterocycles. The van der Waals surface area contributed by atoms with Gasteiger partial charge in [-0.1, -0.05) is 48.0 Å². The Morgan fingerprint density at radius 1 is 1.04 bits per heavy atom. The fourth-order valence-electron chi connectivity index (χ4n) is 5.67. The molecule has 14 heteroatoms. The fraction of sp³-hybridized carbons (Fsp3) is 0.344. The quantitative estimate of drug-likeness (QED) is 0.298. The molecule has 5 amide bonds. The van der Waals surface area contributed by atoms with Crippen molar-refractivity contribution in [2.24, 2.45) is 5.92 Å². The van der Waals surface area contributed by atoms with Crippen molar-refractivity contribution >= 4 is 41.0 Å². The van der Waals surface area contributed by atoms with Crippen molar-refractivity contribution in [2.75, 3.05) is 32.5 Å². The van der Waals surface area contributed by atoms with Crippen LogP contribution in [-0.2, 0) is 27.1 Å². The molecule has 10 nitrogen and oxygen atoms in total. The van der Waals surface area contributed by atoms with E-state index in [0.717, 1.165) is 4.90 Å². The first-order valence-electron chi connectivity index (χ1n) is 14.6. The molecule has 0 radical (unpaired) electrons.